The van der Waals surface area contributed by atoms with Gasteiger partial charge in [-0.3, -0.25) is 14.2 Å². The second-order valence-corrected chi connectivity index (χ2v) is 6.14. The van der Waals surface area contributed by atoms with Gasteiger partial charge in [0.05, 0.1) is 18.8 Å². The van der Waals surface area contributed by atoms with Crippen molar-refractivity contribution >= 4 is 16.1 Å². The normalized spacial score (nSPS) is 11.4. The second-order valence-electron chi connectivity index (χ2n) is 4.57. The van der Waals surface area contributed by atoms with Crippen LogP contribution in [-0.4, -0.2) is 93.1 Å². The van der Waals surface area contributed by atoms with Crippen LogP contribution < -0.4 is 0 Å². The van der Waals surface area contributed by atoms with Gasteiger partial charge in [-0.05, 0) is 7.05 Å². The van der Waals surface area contributed by atoms with Gasteiger partial charge >= 0.3 is 5.97 Å². The minimum absolute atomic E-state index is 0.0690. The molecule has 0 aromatic rings. The third kappa shape index (κ3) is 17.3. The summed E-state index contributed by atoms with van der Waals surface area (Å²) in [4.78, 5) is 14.2. The van der Waals surface area contributed by atoms with Gasteiger partial charge in [0.25, 0.3) is 10.1 Å². The summed E-state index contributed by atoms with van der Waals surface area (Å²) in [7, 11) is -0.617. The number of ether oxygens (including phenoxy) is 1. The van der Waals surface area contributed by atoms with Crippen molar-refractivity contribution < 1.29 is 27.6 Å². The molecule has 0 aliphatic rings. The lowest BCUT2D eigenvalue weighted by Crippen LogP contribution is -2.38. The summed E-state index contributed by atoms with van der Waals surface area (Å²) < 4.78 is 35.2. The second kappa shape index (κ2) is 13.9. The fourth-order valence-electron chi connectivity index (χ4n) is 1.51. The number of carboxylic acids is 1. The average Bonchev–Trinajstić information content (AvgIpc) is 2.45. The summed E-state index contributed by atoms with van der Waals surface area (Å²) in [6.07, 6.45) is 0.0690. The van der Waals surface area contributed by atoms with Crippen LogP contribution in [0.2, 0.25) is 0 Å². The van der Waals surface area contributed by atoms with E-state index in [1.165, 1.54) is 0 Å². The molecule has 9 heteroatoms. The zero-order chi connectivity index (χ0) is 17.6. The highest BCUT2D eigenvalue weighted by Crippen LogP contribution is 1.95. The lowest BCUT2D eigenvalue weighted by Gasteiger charge is -2.24. The predicted molar refractivity (Wildman–Crippen MR) is 85.8 cm³/mol. The standard InChI is InChI=1S/C11H24N2O6S.C2H6/c1-12(4-3-11(14)15)5-6-13(7-9-19-2)8-10-20(16,17)18;1-2/h3-10H2,1-2H3,(H,14,15)(H,16,17,18);1-2H3. The Labute approximate surface area is 133 Å². The van der Waals surface area contributed by atoms with E-state index in [1.54, 1.807) is 14.2 Å². The van der Waals surface area contributed by atoms with Crippen LogP contribution in [0.15, 0.2) is 0 Å². The molecule has 0 aromatic carbocycles. The summed E-state index contributed by atoms with van der Waals surface area (Å²) >= 11 is 0. The molecule has 0 fully saturated rings. The number of carbonyl (C=O) groups is 1. The first-order valence-electron chi connectivity index (χ1n) is 7.31. The van der Waals surface area contributed by atoms with Gasteiger partial charge in [0.15, 0.2) is 0 Å². The van der Waals surface area contributed by atoms with Crippen LogP contribution in [-0.2, 0) is 19.6 Å². The van der Waals surface area contributed by atoms with Crippen molar-refractivity contribution in [2.75, 3.05) is 59.2 Å². The van der Waals surface area contributed by atoms with E-state index in [0.29, 0.717) is 32.8 Å². The maximum absolute atomic E-state index is 10.7. The Morgan fingerprint density at radius 3 is 2.14 bits per heavy atom. The highest BCUT2D eigenvalue weighted by molar-refractivity contribution is 7.85. The fraction of sp³-hybridized carbons (Fsp3) is 0.923. The van der Waals surface area contributed by atoms with Gasteiger partial charge in [-0.1, -0.05) is 13.8 Å². The van der Waals surface area contributed by atoms with E-state index in [1.807, 2.05) is 23.6 Å². The monoisotopic (exact) mass is 342 g/mol. The smallest absolute Gasteiger partial charge is 0.304 e. The summed E-state index contributed by atoms with van der Waals surface area (Å²) in [5.74, 6) is -1.17. The number of hydrogen-bond acceptors (Lipinski definition) is 6. The Morgan fingerprint density at radius 1 is 1.09 bits per heavy atom. The minimum Gasteiger partial charge on any atom is -0.481 e. The number of nitrogens with zero attached hydrogens (tertiary/aromatic N) is 2. The van der Waals surface area contributed by atoms with E-state index in [9.17, 15) is 13.2 Å². The number of methoxy groups -OCH3 is 1. The summed E-state index contributed by atoms with van der Waals surface area (Å²) in [5.41, 5.74) is 0. The Morgan fingerprint density at radius 2 is 1.68 bits per heavy atom. The van der Waals surface area contributed by atoms with E-state index in [0.717, 1.165) is 0 Å². The van der Waals surface area contributed by atoms with Crippen molar-refractivity contribution in [3.05, 3.63) is 0 Å². The molecule has 0 bridgehead atoms. The summed E-state index contributed by atoms with van der Waals surface area (Å²) in [6, 6.07) is 0. The molecule has 2 N–H and O–H groups in total. The third-order valence-corrected chi connectivity index (χ3v) is 3.48. The van der Waals surface area contributed by atoms with E-state index >= 15 is 0 Å². The molecule has 0 amide bonds. The van der Waals surface area contributed by atoms with Crippen LogP contribution in [0.25, 0.3) is 0 Å². The molecule has 0 aliphatic carbocycles. The van der Waals surface area contributed by atoms with Crippen molar-refractivity contribution in [3.8, 4) is 0 Å². The number of likely N-dealkylation sites (N-methyl/N-ethyl adjacent to an activating group) is 1. The molecule has 0 radical (unpaired) electrons. The van der Waals surface area contributed by atoms with Gasteiger partial charge < -0.3 is 14.7 Å². The van der Waals surface area contributed by atoms with Crippen molar-refractivity contribution in [3.63, 3.8) is 0 Å². The predicted octanol–water partition coefficient (Wildman–Crippen LogP) is 0.255. The molecule has 0 saturated carbocycles. The molecule has 134 valence electrons. The van der Waals surface area contributed by atoms with Crippen molar-refractivity contribution in [1.82, 2.24) is 9.80 Å². The van der Waals surface area contributed by atoms with E-state index in [-0.39, 0.29) is 18.7 Å². The molecular formula is C13H30N2O6S. The fourth-order valence-corrected chi connectivity index (χ4v) is 2.00. The molecule has 0 aromatic heterocycles. The largest absolute Gasteiger partial charge is 0.481 e. The van der Waals surface area contributed by atoms with Gasteiger partial charge in [0.2, 0.25) is 0 Å². The summed E-state index contributed by atoms with van der Waals surface area (Å²) in [5, 5.41) is 8.58. The molecule has 0 spiro atoms. The Balaban J connectivity index is 0. The number of rotatable bonds is 12. The van der Waals surface area contributed by atoms with Crippen molar-refractivity contribution in [2.45, 2.75) is 20.3 Å². The van der Waals surface area contributed by atoms with Gasteiger partial charge in [-0.25, -0.2) is 0 Å². The zero-order valence-corrected chi connectivity index (χ0v) is 14.8. The maximum Gasteiger partial charge on any atom is 0.304 e. The highest BCUT2D eigenvalue weighted by Gasteiger charge is 2.11. The first-order valence-corrected chi connectivity index (χ1v) is 8.92. The van der Waals surface area contributed by atoms with Gasteiger partial charge in [0.1, 0.15) is 0 Å². The first-order chi connectivity index (χ1) is 10.2. The summed E-state index contributed by atoms with van der Waals surface area (Å²) in [6.45, 7) is 6.86. The van der Waals surface area contributed by atoms with E-state index in [4.69, 9.17) is 14.4 Å². The van der Waals surface area contributed by atoms with Crippen LogP contribution in [0, 0.1) is 0 Å². The molecule has 22 heavy (non-hydrogen) atoms. The number of aliphatic carboxylic acids is 1. The lowest BCUT2D eigenvalue weighted by atomic mass is 10.4. The Bertz CT molecular complexity index is 375. The lowest BCUT2D eigenvalue weighted by molar-refractivity contribution is -0.137. The van der Waals surface area contributed by atoms with Crippen LogP contribution in [0.3, 0.4) is 0 Å². The molecule has 0 rings (SSSR count). The number of hydrogen-bond donors (Lipinski definition) is 2. The quantitative estimate of drug-likeness (QED) is 0.486. The molecular weight excluding hydrogens is 312 g/mol. The minimum atomic E-state index is -3.98. The Kier molecular flexibility index (Phi) is 14.9. The van der Waals surface area contributed by atoms with E-state index < -0.39 is 16.1 Å². The van der Waals surface area contributed by atoms with Crippen LogP contribution >= 0.6 is 0 Å². The molecule has 0 atom stereocenters. The topological polar surface area (TPSA) is 107 Å². The molecule has 0 saturated heterocycles. The van der Waals surface area contributed by atoms with Crippen molar-refractivity contribution in [1.29, 1.82) is 0 Å². The highest BCUT2D eigenvalue weighted by atomic mass is 32.2. The third-order valence-electron chi connectivity index (χ3n) is 2.78. The average molecular weight is 342 g/mol. The van der Waals surface area contributed by atoms with Crippen LogP contribution in [0.4, 0.5) is 0 Å². The molecule has 0 unspecified atom stereocenters. The van der Waals surface area contributed by atoms with Crippen LogP contribution in [0.1, 0.15) is 20.3 Å². The zero-order valence-electron chi connectivity index (χ0n) is 14.0. The first kappa shape index (κ1) is 23.5. The molecule has 0 heterocycles. The maximum atomic E-state index is 10.7. The van der Waals surface area contributed by atoms with Gasteiger partial charge in [-0.2, -0.15) is 8.42 Å². The van der Waals surface area contributed by atoms with Gasteiger partial charge in [0, 0.05) is 39.8 Å². The molecule has 8 nitrogen and oxygen atoms in total. The molecule has 0 aliphatic heterocycles. The van der Waals surface area contributed by atoms with Crippen molar-refractivity contribution in [2.24, 2.45) is 0 Å². The Hall–Kier alpha value is -0.740. The van der Waals surface area contributed by atoms with E-state index in [2.05, 4.69) is 0 Å². The SMILES string of the molecule is CC.COCCN(CCN(C)CCC(=O)O)CCS(=O)(=O)O. The number of carboxylic acid groups (broad SMARTS) is 1. The van der Waals surface area contributed by atoms with Gasteiger partial charge in [-0.15, -0.1) is 0 Å². The van der Waals surface area contributed by atoms with Crippen LogP contribution in [0.5, 0.6) is 0 Å².